The maximum atomic E-state index is 12.5. The molecular weight excluding hydrogens is 372 g/mol. The van der Waals surface area contributed by atoms with Crippen LogP contribution in [-0.2, 0) is 30.8 Å². The quantitative estimate of drug-likeness (QED) is 0.642. The number of aryl methyl sites for hydroxylation is 1. The molecule has 1 aliphatic heterocycles. The number of carboxylic acid groups (broad SMARTS) is 1. The molecule has 0 saturated carbocycles. The van der Waals surface area contributed by atoms with Crippen molar-refractivity contribution in [1.82, 2.24) is 9.62 Å². The minimum absolute atomic E-state index is 0.0881. The van der Waals surface area contributed by atoms with Gasteiger partial charge in [-0.05, 0) is 43.9 Å². The molecule has 1 atom stereocenters. The number of carbonyl (C=O) groups is 2. The highest BCUT2D eigenvalue weighted by atomic mass is 32.2. The molecule has 1 unspecified atom stereocenters. The van der Waals surface area contributed by atoms with Crippen LogP contribution >= 0.6 is 0 Å². The zero-order valence-corrected chi connectivity index (χ0v) is 16.4. The van der Waals surface area contributed by atoms with Crippen molar-refractivity contribution < 1.29 is 27.9 Å². The van der Waals surface area contributed by atoms with Crippen LogP contribution in [-0.4, -0.2) is 62.1 Å². The summed E-state index contributed by atoms with van der Waals surface area (Å²) < 4.78 is 31.3. The monoisotopic (exact) mass is 398 g/mol. The average Bonchev–Trinajstić information content (AvgIpc) is 3.16. The molecule has 8 nitrogen and oxygen atoms in total. The van der Waals surface area contributed by atoms with Crippen LogP contribution in [0.2, 0.25) is 0 Å². The van der Waals surface area contributed by atoms with Crippen molar-refractivity contribution >= 4 is 21.9 Å². The van der Waals surface area contributed by atoms with Gasteiger partial charge in [0.25, 0.3) is 0 Å². The van der Waals surface area contributed by atoms with Crippen molar-refractivity contribution in [1.29, 1.82) is 0 Å². The molecule has 1 fully saturated rings. The maximum Gasteiger partial charge on any atom is 0.331 e. The van der Waals surface area contributed by atoms with E-state index in [-0.39, 0.29) is 17.9 Å². The summed E-state index contributed by atoms with van der Waals surface area (Å²) in [5.74, 6) is -1.58. The van der Waals surface area contributed by atoms with E-state index in [4.69, 9.17) is 4.74 Å². The smallest absolute Gasteiger partial charge is 0.331 e. The number of ether oxygens (including phenoxy) is 1. The summed E-state index contributed by atoms with van der Waals surface area (Å²) in [7, 11) is -2.09. The van der Waals surface area contributed by atoms with E-state index in [1.807, 2.05) is 0 Å². The van der Waals surface area contributed by atoms with Crippen molar-refractivity contribution in [2.45, 2.75) is 43.0 Å². The summed E-state index contributed by atoms with van der Waals surface area (Å²) in [6.45, 7) is 2.34. The molecule has 150 valence electrons. The van der Waals surface area contributed by atoms with Gasteiger partial charge < -0.3 is 15.2 Å². The second-order valence-electron chi connectivity index (χ2n) is 6.87. The van der Waals surface area contributed by atoms with Crippen molar-refractivity contribution in [3.8, 4) is 0 Å². The summed E-state index contributed by atoms with van der Waals surface area (Å²) in [5.41, 5.74) is -0.686. The number of benzene rings is 1. The standard InChI is InChI=1S/C18H26N2O6S/c1-18(13-26-2,17(22)23)19-16(21)10-7-14-5-8-15(9-6-14)27(24,25)20-11-3-4-12-20/h5-6,8-9H,3-4,7,10-13H2,1-2H3,(H,19,21)(H,22,23). The Morgan fingerprint density at radius 2 is 1.81 bits per heavy atom. The number of amides is 1. The fourth-order valence-corrected chi connectivity index (χ4v) is 4.49. The summed E-state index contributed by atoms with van der Waals surface area (Å²) in [6.07, 6.45) is 2.22. The maximum absolute atomic E-state index is 12.5. The highest BCUT2D eigenvalue weighted by Crippen LogP contribution is 2.21. The first kappa shape index (κ1) is 21.3. The van der Waals surface area contributed by atoms with Gasteiger partial charge in [-0.3, -0.25) is 4.79 Å². The average molecular weight is 398 g/mol. The topological polar surface area (TPSA) is 113 Å². The number of hydrogen-bond donors (Lipinski definition) is 2. The predicted molar refractivity (Wildman–Crippen MR) is 98.8 cm³/mol. The highest BCUT2D eigenvalue weighted by molar-refractivity contribution is 7.89. The largest absolute Gasteiger partial charge is 0.479 e. The third kappa shape index (κ3) is 5.27. The van der Waals surface area contributed by atoms with Crippen LogP contribution in [0.5, 0.6) is 0 Å². The van der Waals surface area contributed by atoms with E-state index >= 15 is 0 Å². The van der Waals surface area contributed by atoms with E-state index in [0.29, 0.717) is 19.5 Å². The molecule has 1 aliphatic rings. The first-order chi connectivity index (χ1) is 12.7. The van der Waals surface area contributed by atoms with Crippen molar-refractivity contribution in [3.63, 3.8) is 0 Å². The van der Waals surface area contributed by atoms with Crippen LogP contribution in [0.25, 0.3) is 0 Å². The normalized spacial score (nSPS) is 17.4. The van der Waals surface area contributed by atoms with Gasteiger partial charge in [0.2, 0.25) is 15.9 Å². The third-order valence-electron chi connectivity index (χ3n) is 4.59. The van der Waals surface area contributed by atoms with Gasteiger partial charge in [-0.25, -0.2) is 13.2 Å². The number of sulfonamides is 1. The van der Waals surface area contributed by atoms with Crippen LogP contribution in [0.3, 0.4) is 0 Å². The number of aliphatic carboxylic acids is 1. The second kappa shape index (κ2) is 8.81. The lowest BCUT2D eigenvalue weighted by Gasteiger charge is -2.25. The van der Waals surface area contributed by atoms with E-state index in [1.54, 1.807) is 24.3 Å². The number of methoxy groups -OCH3 is 1. The molecule has 1 aromatic carbocycles. The van der Waals surface area contributed by atoms with Crippen molar-refractivity contribution in [2.75, 3.05) is 26.8 Å². The molecule has 0 radical (unpaired) electrons. The Morgan fingerprint density at radius 3 is 2.33 bits per heavy atom. The number of carboxylic acids is 1. The van der Waals surface area contributed by atoms with E-state index < -0.39 is 27.4 Å². The molecule has 27 heavy (non-hydrogen) atoms. The Balaban J connectivity index is 1.95. The first-order valence-corrected chi connectivity index (χ1v) is 10.3. The van der Waals surface area contributed by atoms with E-state index in [9.17, 15) is 23.1 Å². The Hall–Kier alpha value is -1.97. The van der Waals surface area contributed by atoms with Crippen LogP contribution in [0.15, 0.2) is 29.2 Å². The number of nitrogens with zero attached hydrogens (tertiary/aromatic N) is 1. The Morgan fingerprint density at radius 1 is 1.22 bits per heavy atom. The van der Waals surface area contributed by atoms with Crippen molar-refractivity contribution in [2.24, 2.45) is 0 Å². The number of rotatable bonds is 9. The molecule has 2 rings (SSSR count). The molecule has 1 amide bonds. The van der Waals surface area contributed by atoms with Gasteiger partial charge in [0.1, 0.15) is 0 Å². The molecule has 9 heteroatoms. The zero-order chi connectivity index (χ0) is 20.1. The molecular formula is C18H26N2O6S. The van der Waals surface area contributed by atoms with Gasteiger partial charge in [-0.1, -0.05) is 12.1 Å². The van der Waals surface area contributed by atoms with Crippen molar-refractivity contribution in [3.05, 3.63) is 29.8 Å². The molecule has 0 spiro atoms. The number of carbonyl (C=O) groups excluding carboxylic acids is 1. The third-order valence-corrected chi connectivity index (χ3v) is 6.50. The van der Waals surface area contributed by atoms with E-state index in [0.717, 1.165) is 18.4 Å². The van der Waals surface area contributed by atoms with Gasteiger partial charge >= 0.3 is 5.97 Å². The second-order valence-corrected chi connectivity index (χ2v) is 8.81. The van der Waals surface area contributed by atoms with Gasteiger partial charge in [-0.2, -0.15) is 4.31 Å². The molecule has 0 aromatic heterocycles. The molecule has 0 aliphatic carbocycles. The number of nitrogens with one attached hydrogen (secondary N) is 1. The van der Waals surface area contributed by atoms with Gasteiger partial charge in [0, 0.05) is 26.6 Å². The lowest BCUT2D eigenvalue weighted by molar-refractivity contribution is -0.149. The summed E-state index contributed by atoms with van der Waals surface area (Å²) in [6, 6.07) is 6.46. The van der Waals surface area contributed by atoms with E-state index in [1.165, 1.54) is 18.3 Å². The Bertz CT molecular complexity index is 772. The summed E-state index contributed by atoms with van der Waals surface area (Å²) >= 11 is 0. The van der Waals surface area contributed by atoms with Gasteiger partial charge in [0.05, 0.1) is 11.5 Å². The van der Waals surface area contributed by atoms with Crippen LogP contribution in [0, 0.1) is 0 Å². The molecule has 1 saturated heterocycles. The Labute approximate surface area is 159 Å². The zero-order valence-electron chi connectivity index (χ0n) is 15.6. The fraction of sp³-hybridized carbons (Fsp3) is 0.556. The first-order valence-electron chi connectivity index (χ1n) is 8.81. The van der Waals surface area contributed by atoms with Gasteiger partial charge in [0.15, 0.2) is 5.54 Å². The molecule has 2 N–H and O–H groups in total. The minimum atomic E-state index is -3.45. The Kier molecular flexibility index (Phi) is 6.96. The van der Waals surface area contributed by atoms with Crippen LogP contribution in [0.4, 0.5) is 0 Å². The molecule has 1 heterocycles. The fourth-order valence-electron chi connectivity index (χ4n) is 2.97. The minimum Gasteiger partial charge on any atom is -0.479 e. The molecule has 1 aromatic rings. The lowest BCUT2D eigenvalue weighted by atomic mass is 10.0. The van der Waals surface area contributed by atoms with Crippen LogP contribution in [0.1, 0.15) is 31.7 Å². The SMILES string of the molecule is COCC(C)(NC(=O)CCc1ccc(S(=O)(=O)N2CCCC2)cc1)C(=O)O. The molecule has 0 bridgehead atoms. The van der Waals surface area contributed by atoms with Crippen LogP contribution < -0.4 is 5.32 Å². The van der Waals surface area contributed by atoms with E-state index in [2.05, 4.69) is 5.32 Å². The lowest BCUT2D eigenvalue weighted by Crippen LogP contribution is -2.55. The summed E-state index contributed by atoms with van der Waals surface area (Å²) in [5, 5.41) is 11.7. The van der Waals surface area contributed by atoms with Gasteiger partial charge in [-0.15, -0.1) is 0 Å². The predicted octanol–water partition coefficient (Wildman–Crippen LogP) is 1.01. The summed E-state index contributed by atoms with van der Waals surface area (Å²) in [4.78, 5) is 23.6. The highest BCUT2D eigenvalue weighted by Gasteiger charge is 2.34. The number of hydrogen-bond acceptors (Lipinski definition) is 5.